The van der Waals surface area contributed by atoms with Crippen molar-refractivity contribution >= 4 is 32.4 Å². The summed E-state index contributed by atoms with van der Waals surface area (Å²) in [7, 11) is -1.97. The molecule has 0 amide bonds. The third-order valence-electron chi connectivity index (χ3n) is 7.42. The molecule has 210 valence electrons. The molecule has 3 aromatic carbocycles. The van der Waals surface area contributed by atoms with Gasteiger partial charge in [0, 0.05) is 44.0 Å². The molecule has 11 heteroatoms. The first-order chi connectivity index (χ1) is 19.9. The van der Waals surface area contributed by atoms with Gasteiger partial charge in [-0.2, -0.15) is 9.40 Å². The number of para-hydroxylation sites is 3. The Bertz CT molecular complexity index is 1750. The molecule has 1 fully saturated rings. The number of fused-ring (bicyclic) bond motifs is 1. The first-order valence-electron chi connectivity index (χ1n) is 13.4. The van der Waals surface area contributed by atoms with Gasteiger partial charge in [-0.05, 0) is 61.5 Å². The highest BCUT2D eigenvalue weighted by atomic mass is 32.2. The van der Waals surface area contributed by atoms with Crippen molar-refractivity contribution < 1.29 is 13.2 Å². The van der Waals surface area contributed by atoms with Crippen LogP contribution in [-0.4, -0.2) is 70.7 Å². The van der Waals surface area contributed by atoms with Gasteiger partial charge in [0.15, 0.2) is 0 Å². The van der Waals surface area contributed by atoms with Gasteiger partial charge in [-0.25, -0.2) is 23.1 Å². The van der Waals surface area contributed by atoms with Gasteiger partial charge in [0.25, 0.3) is 0 Å². The monoisotopic (exact) mass is 569 g/mol. The van der Waals surface area contributed by atoms with E-state index in [2.05, 4.69) is 22.2 Å². The minimum absolute atomic E-state index is 0.115. The Morgan fingerprint density at radius 2 is 1.61 bits per heavy atom. The van der Waals surface area contributed by atoms with Crippen LogP contribution < -0.4 is 10.1 Å². The SMILES string of the molecule is COc1ccccc1Nc1nc([C@@H](C)N2CCN(S(=O)(=O)c3ccc(-n4cccn4)cc3)CC2)nc2ccccc12. The molecule has 0 spiro atoms. The van der Waals surface area contributed by atoms with Gasteiger partial charge in [0.2, 0.25) is 10.0 Å². The molecule has 6 rings (SSSR count). The zero-order valence-electron chi connectivity index (χ0n) is 22.9. The van der Waals surface area contributed by atoms with Gasteiger partial charge >= 0.3 is 0 Å². The van der Waals surface area contributed by atoms with Gasteiger partial charge in [0.1, 0.15) is 17.4 Å². The lowest BCUT2D eigenvalue weighted by Crippen LogP contribution is -2.49. The fraction of sp³-hybridized carbons (Fsp3) is 0.233. The average molecular weight is 570 g/mol. The maximum atomic E-state index is 13.4. The van der Waals surface area contributed by atoms with Gasteiger partial charge in [-0.1, -0.05) is 24.3 Å². The van der Waals surface area contributed by atoms with Crippen LogP contribution in [0.1, 0.15) is 18.8 Å². The van der Waals surface area contributed by atoms with Crippen molar-refractivity contribution in [2.45, 2.75) is 17.9 Å². The summed E-state index contributed by atoms with van der Waals surface area (Å²) in [5.74, 6) is 2.09. The highest BCUT2D eigenvalue weighted by Crippen LogP contribution is 2.31. The van der Waals surface area contributed by atoms with E-state index in [0.717, 1.165) is 28.0 Å². The summed E-state index contributed by atoms with van der Waals surface area (Å²) in [6.07, 6.45) is 3.51. The van der Waals surface area contributed by atoms with Crippen LogP contribution in [0.4, 0.5) is 11.5 Å². The van der Waals surface area contributed by atoms with Crippen molar-refractivity contribution in [2.75, 3.05) is 38.6 Å². The molecule has 0 saturated carbocycles. The van der Waals surface area contributed by atoms with Gasteiger partial charge in [-0.15, -0.1) is 0 Å². The minimum Gasteiger partial charge on any atom is -0.495 e. The summed E-state index contributed by atoms with van der Waals surface area (Å²) in [6.45, 7) is 3.96. The van der Waals surface area contributed by atoms with Crippen molar-refractivity contribution in [3.63, 3.8) is 0 Å². The number of hydrogen-bond donors (Lipinski definition) is 1. The minimum atomic E-state index is -3.61. The fourth-order valence-corrected chi connectivity index (χ4v) is 6.51. The number of piperazine rings is 1. The molecule has 3 heterocycles. The second-order valence-electron chi connectivity index (χ2n) is 9.83. The van der Waals surface area contributed by atoms with Crippen LogP contribution >= 0.6 is 0 Å². The predicted octanol–water partition coefficient (Wildman–Crippen LogP) is 4.64. The zero-order valence-corrected chi connectivity index (χ0v) is 23.7. The summed E-state index contributed by atoms with van der Waals surface area (Å²) < 4.78 is 35.6. The Kier molecular flexibility index (Phi) is 7.39. The van der Waals surface area contributed by atoms with Crippen LogP contribution in [-0.2, 0) is 10.0 Å². The van der Waals surface area contributed by atoms with E-state index < -0.39 is 10.0 Å². The van der Waals surface area contributed by atoms with E-state index >= 15 is 0 Å². The van der Waals surface area contributed by atoms with Crippen LogP contribution in [0, 0.1) is 0 Å². The number of methoxy groups -OCH3 is 1. The summed E-state index contributed by atoms with van der Waals surface area (Å²) in [6, 6.07) is 24.1. The number of hydrogen-bond acceptors (Lipinski definition) is 8. The largest absolute Gasteiger partial charge is 0.495 e. The first-order valence-corrected chi connectivity index (χ1v) is 14.9. The Labute approximate surface area is 239 Å². The van der Waals surface area contributed by atoms with E-state index in [0.29, 0.717) is 37.8 Å². The van der Waals surface area contributed by atoms with Crippen LogP contribution in [0.5, 0.6) is 5.75 Å². The number of ether oxygens (including phenoxy) is 1. The quantitative estimate of drug-likeness (QED) is 0.288. The second-order valence-corrected chi connectivity index (χ2v) is 11.8. The third kappa shape index (κ3) is 5.39. The number of nitrogens with zero attached hydrogens (tertiary/aromatic N) is 6. The zero-order chi connectivity index (χ0) is 28.4. The first kappa shape index (κ1) is 26.9. The maximum absolute atomic E-state index is 13.4. The molecule has 10 nitrogen and oxygen atoms in total. The molecule has 2 aromatic heterocycles. The normalized spacial score (nSPS) is 15.6. The second kappa shape index (κ2) is 11.3. The van der Waals surface area contributed by atoms with Crippen LogP contribution in [0.25, 0.3) is 16.6 Å². The predicted molar refractivity (Wildman–Crippen MR) is 158 cm³/mol. The molecule has 5 aromatic rings. The lowest BCUT2D eigenvalue weighted by molar-refractivity contribution is 0.141. The highest BCUT2D eigenvalue weighted by molar-refractivity contribution is 7.89. The summed E-state index contributed by atoms with van der Waals surface area (Å²) in [5, 5.41) is 8.54. The number of anilines is 2. The summed E-state index contributed by atoms with van der Waals surface area (Å²) in [4.78, 5) is 12.3. The van der Waals surface area contributed by atoms with E-state index in [1.165, 1.54) is 0 Å². The topological polar surface area (TPSA) is 105 Å². The smallest absolute Gasteiger partial charge is 0.243 e. The number of rotatable bonds is 8. The number of benzene rings is 3. The average Bonchev–Trinajstić information content (AvgIpc) is 3.56. The molecule has 1 aliphatic rings. The van der Waals surface area contributed by atoms with Crippen LogP contribution in [0.2, 0.25) is 0 Å². The Morgan fingerprint density at radius 3 is 2.34 bits per heavy atom. The van der Waals surface area contributed by atoms with Crippen LogP contribution in [0.3, 0.4) is 0 Å². The lowest BCUT2D eigenvalue weighted by atomic mass is 10.2. The van der Waals surface area contributed by atoms with Crippen LogP contribution in [0.15, 0.2) is 96.2 Å². The summed E-state index contributed by atoms with van der Waals surface area (Å²) >= 11 is 0. The van der Waals surface area contributed by atoms with E-state index in [9.17, 15) is 8.42 Å². The molecule has 1 atom stereocenters. The van der Waals surface area contributed by atoms with E-state index in [-0.39, 0.29) is 10.9 Å². The van der Waals surface area contributed by atoms with E-state index in [4.69, 9.17) is 14.7 Å². The third-order valence-corrected chi connectivity index (χ3v) is 9.33. The van der Waals surface area contributed by atoms with Gasteiger partial charge < -0.3 is 10.1 Å². The molecule has 1 aliphatic heterocycles. The van der Waals surface area contributed by atoms with Gasteiger partial charge in [0.05, 0.1) is 34.9 Å². The lowest BCUT2D eigenvalue weighted by Gasteiger charge is -2.36. The Morgan fingerprint density at radius 1 is 0.878 bits per heavy atom. The molecule has 1 saturated heterocycles. The summed E-state index contributed by atoms with van der Waals surface area (Å²) in [5.41, 5.74) is 2.46. The van der Waals surface area contributed by atoms with Crippen molar-refractivity contribution in [1.29, 1.82) is 0 Å². The number of sulfonamides is 1. The molecule has 0 radical (unpaired) electrons. The number of aromatic nitrogens is 4. The fourth-order valence-electron chi connectivity index (χ4n) is 5.09. The van der Waals surface area contributed by atoms with Crippen molar-refractivity contribution in [1.82, 2.24) is 29.0 Å². The molecule has 1 N–H and O–H groups in total. The molecule has 0 aliphatic carbocycles. The van der Waals surface area contributed by atoms with E-state index in [1.807, 2.05) is 60.8 Å². The maximum Gasteiger partial charge on any atom is 0.243 e. The van der Waals surface area contributed by atoms with Crippen molar-refractivity contribution in [3.8, 4) is 11.4 Å². The Balaban J connectivity index is 1.19. The van der Waals surface area contributed by atoms with Gasteiger partial charge in [-0.3, -0.25) is 4.90 Å². The standard InChI is InChI=1S/C30H31N7O3S/c1-22(29-32-26-9-4-3-8-25(26)30(34-29)33-27-10-5-6-11-28(27)40-2)35-18-20-36(21-19-35)41(38,39)24-14-12-23(13-15-24)37-17-7-16-31-37/h3-17,22H,18-21H2,1-2H3,(H,32,33,34)/t22-/m1/s1. The molecule has 0 unspecified atom stereocenters. The molecule has 0 bridgehead atoms. The van der Waals surface area contributed by atoms with E-state index in [1.54, 1.807) is 46.6 Å². The van der Waals surface area contributed by atoms with Crippen molar-refractivity contribution in [2.24, 2.45) is 0 Å². The number of nitrogens with one attached hydrogen (secondary N) is 1. The molecule has 41 heavy (non-hydrogen) atoms. The molecular weight excluding hydrogens is 538 g/mol. The van der Waals surface area contributed by atoms with Crippen molar-refractivity contribution in [3.05, 3.63) is 97.1 Å². The molecular formula is C30H31N7O3S. The Hall–Kier alpha value is -4.32. The highest BCUT2D eigenvalue weighted by Gasteiger charge is 2.31.